The largest absolute Gasteiger partial charge is 0.393 e. The molecule has 1 aromatic rings. The first kappa shape index (κ1) is 10.6. The first-order chi connectivity index (χ1) is 7.03. The normalized spacial score (nSPS) is 24.8. The summed E-state index contributed by atoms with van der Waals surface area (Å²) in [5.41, 5.74) is 5.43. The first-order valence-corrected chi connectivity index (χ1v) is 6.57. The minimum absolute atomic E-state index is 0.134. The Balaban J connectivity index is 2.28. The van der Waals surface area contributed by atoms with Gasteiger partial charge in [0.2, 0.25) is 0 Å². The Kier molecular flexibility index (Phi) is 2.52. The van der Waals surface area contributed by atoms with Gasteiger partial charge in [0.25, 0.3) is 0 Å². The topological polar surface area (TPSA) is 60.2 Å². The summed E-state index contributed by atoms with van der Waals surface area (Å²) >= 11 is 4.79. The van der Waals surface area contributed by atoms with Crippen LogP contribution in [0.4, 0.5) is 0 Å². The summed E-state index contributed by atoms with van der Waals surface area (Å²) in [5, 5.41) is -0.405. The Morgan fingerprint density at radius 3 is 2.40 bits per heavy atom. The fourth-order valence-electron chi connectivity index (χ4n) is 1.60. The highest BCUT2D eigenvalue weighted by Crippen LogP contribution is 2.40. The maximum absolute atomic E-state index is 12.0. The molecule has 2 atom stereocenters. The van der Waals surface area contributed by atoms with E-state index in [-0.39, 0.29) is 5.92 Å². The van der Waals surface area contributed by atoms with Crippen molar-refractivity contribution in [3.05, 3.63) is 30.3 Å². The molecular formula is C10H11NO2S2. The van der Waals surface area contributed by atoms with Crippen LogP contribution in [0.2, 0.25) is 0 Å². The zero-order valence-electron chi connectivity index (χ0n) is 7.96. The maximum atomic E-state index is 12.0. The number of benzene rings is 1. The maximum Gasteiger partial charge on any atom is 0.181 e. The summed E-state index contributed by atoms with van der Waals surface area (Å²) in [6.07, 6.45) is 0.562. The fourth-order valence-corrected chi connectivity index (χ4v) is 3.87. The van der Waals surface area contributed by atoms with Crippen LogP contribution < -0.4 is 5.73 Å². The van der Waals surface area contributed by atoms with Gasteiger partial charge in [-0.05, 0) is 18.6 Å². The molecule has 1 aliphatic rings. The number of hydrogen-bond acceptors (Lipinski definition) is 3. The van der Waals surface area contributed by atoms with Crippen molar-refractivity contribution in [3.8, 4) is 0 Å². The second-order valence-electron chi connectivity index (χ2n) is 3.64. The molecule has 3 nitrogen and oxygen atoms in total. The van der Waals surface area contributed by atoms with Gasteiger partial charge in [0.05, 0.1) is 15.1 Å². The van der Waals surface area contributed by atoms with E-state index in [2.05, 4.69) is 0 Å². The molecule has 1 fully saturated rings. The Morgan fingerprint density at radius 1 is 1.33 bits per heavy atom. The van der Waals surface area contributed by atoms with E-state index < -0.39 is 15.1 Å². The van der Waals surface area contributed by atoms with E-state index >= 15 is 0 Å². The predicted octanol–water partition coefficient (Wildman–Crippen LogP) is 1.13. The Bertz CT molecular complexity index is 481. The molecule has 0 bridgehead atoms. The quantitative estimate of drug-likeness (QED) is 0.806. The van der Waals surface area contributed by atoms with Crippen molar-refractivity contribution in [2.24, 2.45) is 11.7 Å². The molecule has 2 rings (SSSR count). The van der Waals surface area contributed by atoms with Gasteiger partial charge in [-0.15, -0.1) is 0 Å². The molecule has 0 saturated heterocycles. The van der Waals surface area contributed by atoms with Crippen LogP contribution in [0.1, 0.15) is 6.42 Å². The summed E-state index contributed by atoms with van der Waals surface area (Å²) in [7, 11) is -3.23. The summed E-state index contributed by atoms with van der Waals surface area (Å²) in [4.78, 5) is 0.660. The molecule has 80 valence electrons. The van der Waals surface area contributed by atoms with Crippen molar-refractivity contribution in [2.75, 3.05) is 0 Å². The third-order valence-corrected chi connectivity index (χ3v) is 5.12. The van der Waals surface area contributed by atoms with E-state index in [9.17, 15) is 8.42 Å². The second-order valence-corrected chi connectivity index (χ2v) is 6.28. The van der Waals surface area contributed by atoms with Gasteiger partial charge in [-0.25, -0.2) is 8.42 Å². The van der Waals surface area contributed by atoms with Crippen molar-refractivity contribution in [3.63, 3.8) is 0 Å². The molecule has 0 aromatic heterocycles. The van der Waals surface area contributed by atoms with E-state index in [0.29, 0.717) is 16.3 Å². The van der Waals surface area contributed by atoms with Crippen LogP contribution in [0.3, 0.4) is 0 Å². The molecule has 2 N–H and O–H groups in total. The van der Waals surface area contributed by atoms with Gasteiger partial charge in [0.15, 0.2) is 9.84 Å². The number of sulfone groups is 1. The van der Waals surface area contributed by atoms with Crippen LogP contribution in [0.25, 0.3) is 0 Å². The van der Waals surface area contributed by atoms with Gasteiger partial charge in [-0.2, -0.15) is 0 Å². The van der Waals surface area contributed by atoms with Crippen molar-refractivity contribution in [1.29, 1.82) is 0 Å². The monoisotopic (exact) mass is 241 g/mol. The SMILES string of the molecule is NC(=S)[C@@H]1C[C@H]1S(=O)(=O)c1ccccc1. The minimum Gasteiger partial charge on any atom is -0.393 e. The smallest absolute Gasteiger partial charge is 0.181 e. The van der Waals surface area contributed by atoms with E-state index in [1.807, 2.05) is 0 Å². The molecule has 1 saturated carbocycles. The lowest BCUT2D eigenvalue weighted by molar-refractivity contribution is 0.594. The molecule has 5 heteroatoms. The molecule has 0 radical (unpaired) electrons. The molecule has 0 unspecified atom stereocenters. The number of thiocarbonyl (C=S) groups is 1. The van der Waals surface area contributed by atoms with Gasteiger partial charge in [0.1, 0.15) is 0 Å². The lowest BCUT2D eigenvalue weighted by Gasteiger charge is -2.02. The van der Waals surface area contributed by atoms with E-state index in [4.69, 9.17) is 18.0 Å². The highest BCUT2D eigenvalue weighted by Gasteiger charge is 2.49. The second kappa shape index (κ2) is 3.57. The summed E-state index contributed by atoms with van der Waals surface area (Å²) in [5.74, 6) is -0.134. The first-order valence-electron chi connectivity index (χ1n) is 4.62. The molecule has 1 aliphatic carbocycles. The van der Waals surface area contributed by atoms with Crippen LogP contribution in [-0.2, 0) is 9.84 Å². The zero-order valence-corrected chi connectivity index (χ0v) is 9.59. The molecule has 0 spiro atoms. The molecule has 1 aromatic carbocycles. The van der Waals surface area contributed by atoms with Crippen molar-refractivity contribution >= 4 is 27.0 Å². The molecule has 15 heavy (non-hydrogen) atoms. The zero-order chi connectivity index (χ0) is 11.1. The van der Waals surface area contributed by atoms with Gasteiger partial charge in [-0.3, -0.25) is 0 Å². The number of rotatable bonds is 3. The van der Waals surface area contributed by atoms with Gasteiger partial charge in [0, 0.05) is 5.92 Å². The van der Waals surface area contributed by atoms with Crippen molar-refractivity contribution in [1.82, 2.24) is 0 Å². The third kappa shape index (κ3) is 1.89. The van der Waals surface area contributed by atoms with Crippen LogP contribution in [0, 0.1) is 5.92 Å². The van der Waals surface area contributed by atoms with Crippen LogP contribution >= 0.6 is 12.2 Å². The van der Waals surface area contributed by atoms with E-state index in [1.54, 1.807) is 30.3 Å². The Labute approximate surface area is 94.2 Å². The fraction of sp³-hybridized carbons (Fsp3) is 0.300. The van der Waals surface area contributed by atoms with Crippen LogP contribution in [-0.4, -0.2) is 18.7 Å². The van der Waals surface area contributed by atoms with E-state index in [1.165, 1.54) is 0 Å². The molecule has 0 heterocycles. The van der Waals surface area contributed by atoms with Gasteiger partial charge >= 0.3 is 0 Å². The average molecular weight is 241 g/mol. The lowest BCUT2D eigenvalue weighted by Crippen LogP contribution is -2.17. The van der Waals surface area contributed by atoms with Gasteiger partial charge in [-0.1, -0.05) is 30.4 Å². The molecular weight excluding hydrogens is 230 g/mol. The third-order valence-electron chi connectivity index (χ3n) is 2.57. The summed E-state index contributed by atoms with van der Waals surface area (Å²) in [6.45, 7) is 0. The van der Waals surface area contributed by atoms with Crippen LogP contribution in [0.15, 0.2) is 35.2 Å². The highest BCUT2D eigenvalue weighted by atomic mass is 32.2. The summed E-state index contributed by atoms with van der Waals surface area (Å²) < 4.78 is 24.0. The molecule has 0 amide bonds. The van der Waals surface area contributed by atoms with Crippen molar-refractivity contribution < 1.29 is 8.42 Å². The van der Waals surface area contributed by atoms with Crippen LogP contribution in [0.5, 0.6) is 0 Å². The predicted molar refractivity (Wildman–Crippen MR) is 62.3 cm³/mol. The minimum atomic E-state index is -3.23. The summed E-state index contributed by atoms with van der Waals surface area (Å²) in [6, 6.07) is 8.42. The average Bonchev–Trinajstić information content (AvgIpc) is 2.99. The standard InChI is InChI=1S/C10H11NO2S2/c11-10(14)8-6-9(8)15(12,13)7-4-2-1-3-5-7/h1-5,8-9H,6H2,(H2,11,14)/t8-,9-/m1/s1. The van der Waals surface area contributed by atoms with Crippen molar-refractivity contribution in [2.45, 2.75) is 16.6 Å². The van der Waals surface area contributed by atoms with Gasteiger partial charge < -0.3 is 5.73 Å². The Morgan fingerprint density at radius 2 is 1.93 bits per heavy atom. The number of nitrogens with two attached hydrogens (primary N) is 1. The molecule has 0 aliphatic heterocycles. The highest BCUT2D eigenvalue weighted by molar-refractivity contribution is 7.92. The number of hydrogen-bond donors (Lipinski definition) is 1. The Hall–Kier alpha value is -0.940. The van der Waals surface area contributed by atoms with E-state index in [0.717, 1.165) is 0 Å². The lowest BCUT2D eigenvalue weighted by atomic mass is 10.4.